The van der Waals surface area contributed by atoms with Gasteiger partial charge in [0.1, 0.15) is 5.78 Å². The molecule has 0 atom stereocenters. The number of carboxylic acid groups (broad SMARTS) is 1. The molecule has 66 valence electrons. The summed E-state index contributed by atoms with van der Waals surface area (Å²) >= 11 is 0. The van der Waals surface area contributed by atoms with E-state index in [-0.39, 0.29) is 28.7 Å². The van der Waals surface area contributed by atoms with Crippen molar-refractivity contribution in [3.05, 3.63) is 0 Å². The fraction of sp³-hybridized carbons (Fsp3) is 0.500. The number of Topliss-reactive ketones (excluding diaryl/α,β-unsaturated/α-hetero) is 2. The first kappa shape index (κ1) is 12.9. The first-order valence-corrected chi connectivity index (χ1v) is 2.85. The average Bonchev–Trinajstić information content (AvgIpc) is 1.87. The van der Waals surface area contributed by atoms with Gasteiger partial charge in [0.2, 0.25) is 5.78 Å². The van der Waals surface area contributed by atoms with E-state index in [1.807, 2.05) is 0 Å². The molecule has 0 amide bonds. The Kier molecular flexibility index (Phi) is 7.10. The zero-order valence-corrected chi connectivity index (χ0v) is 6.89. The molecule has 0 spiro atoms. The molecule has 4 nitrogen and oxygen atoms in total. The van der Waals surface area contributed by atoms with Crippen molar-refractivity contribution in [3.8, 4) is 0 Å². The Morgan fingerprint density at radius 1 is 1.27 bits per heavy atom. The summed E-state index contributed by atoms with van der Waals surface area (Å²) in [4.78, 5) is 30.6. The molecule has 0 heterocycles. The number of carbonyl (C=O) groups is 3. The van der Waals surface area contributed by atoms with Crippen LogP contribution < -0.4 is 0 Å². The number of rotatable bonds is 4. The Bertz CT molecular complexity index is 175. The van der Waals surface area contributed by atoms with Crippen LogP contribution in [0.4, 0.5) is 0 Å². The van der Waals surface area contributed by atoms with E-state index < -0.39 is 18.2 Å². The van der Waals surface area contributed by atoms with Gasteiger partial charge in [-0.05, 0) is 0 Å². The number of carbonyl (C=O) groups excluding carboxylic acids is 2. The third-order valence-electron chi connectivity index (χ3n) is 0.991. The predicted molar refractivity (Wildman–Crippen MR) is 32.6 cm³/mol. The predicted octanol–water partition coefficient (Wildman–Crippen LogP) is 0.00680. The first-order chi connectivity index (χ1) is 4.57. The van der Waals surface area contributed by atoms with E-state index in [4.69, 9.17) is 5.11 Å². The molecule has 0 aromatic heterocycles. The molecule has 0 rings (SSSR count). The summed E-state index contributed by atoms with van der Waals surface area (Å²) in [6.45, 7) is 1.58. The normalized spacial score (nSPS) is 8.09. The van der Waals surface area contributed by atoms with Gasteiger partial charge < -0.3 is 5.11 Å². The van der Waals surface area contributed by atoms with Gasteiger partial charge in [-0.1, -0.05) is 6.92 Å². The van der Waals surface area contributed by atoms with Crippen LogP contribution in [0.1, 0.15) is 19.8 Å². The van der Waals surface area contributed by atoms with E-state index in [1.54, 1.807) is 6.92 Å². The van der Waals surface area contributed by atoms with Crippen molar-refractivity contribution in [1.29, 1.82) is 0 Å². The molecule has 5 heteroatoms. The molecule has 0 aliphatic carbocycles. The van der Waals surface area contributed by atoms with Gasteiger partial charge in [-0.15, -0.1) is 0 Å². The van der Waals surface area contributed by atoms with Gasteiger partial charge in [-0.2, -0.15) is 0 Å². The summed E-state index contributed by atoms with van der Waals surface area (Å²) in [6, 6.07) is 0. The summed E-state index contributed by atoms with van der Waals surface area (Å²) < 4.78 is 0. The third-order valence-corrected chi connectivity index (χ3v) is 0.991. The van der Waals surface area contributed by atoms with Crippen LogP contribution in [0, 0.1) is 0 Å². The molecule has 0 saturated heterocycles. The van der Waals surface area contributed by atoms with Crippen molar-refractivity contribution < 1.29 is 36.0 Å². The van der Waals surface area contributed by atoms with Crippen LogP contribution in [0.3, 0.4) is 0 Å². The Hall–Kier alpha value is -0.696. The van der Waals surface area contributed by atoms with Crippen LogP contribution in [0.15, 0.2) is 0 Å². The van der Waals surface area contributed by atoms with E-state index in [9.17, 15) is 14.4 Å². The monoisotopic (exact) mass is 202 g/mol. The van der Waals surface area contributed by atoms with Crippen LogP contribution in [-0.2, 0) is 30.9 Å². The Labute approximate surface area is 73.9 Å². The molecule has 0 aromatic carbocycles. The molecule has 0 aliphatic rings. The van der Waals surface area contributed by atoms with Crippen LogP contribution >= 0.6 is 0 Å². The van der Waals surface area contributed by atoms with E-state index in [2.05, 4.69) is 0 Å². The number of aliphatic carboxylic acids is 1. The van der Waals surface area contributed by atoms with Gasteiger partial charge in [0.15, 0.2) is 0 Å². The number of hydrogen-bond donors (Lipinski definition) is 1. The minimum absolute atomic E-state index is 0. The minimum Gasteiger partial charge on any atom is -0.475 e. The third kappa shape index (κ3) is 5.73. The summed E-state index contributed by atoms with van der Waals surface area (Å²) in [5, 5.41) is 8.02. The van der Waals surface area contributed by atoms with Crippen molar-refractivity contribution in [2.45, 2.75) is 19.8 Å². The molecular formula is C6H8NiO4. The zero-order valence-electron chi connectivity index (χ0n) is 5.90. The molecular weight excluding hydrogens is 195 g/mol. The van der Waals surface area contributed by atoms with E-state index in [1.165, 1.54) is 0 Å². The van der Waals surface area contributed by atoms with Crippen molar-refractivity contribution in [3.63, 3.8) is 0 Å². The maximum Gasteiger partial charge on any atom is 0.372 e. The molecule has 0 fully saturated rings. The van der Waals surface area contributed by atoms with Crippen molar-refractivity contribution in [2.75, 3.05) is 0 Å². The van der Waals surface area contributed by atoms with Crippen molar-refractivity contribution in [1.82, 2.24) is 0 Å². The molecule has 0 unspecified atom stereocenters. The number of carboxylic acids is 1. The molecule has 1 N–H and O–H groups in total. The van der Waals surface area contributed by atoms with E-state index >= 15 is 0 Å². The van der Waals surface area contributed by atoms with Gasteiger partial charge in [0.05, 0.1) is 6.42 Å². The fourth-order valence-corrected chi connectivity index (χ4v) is 0.380. The number of ketones is 2. The van der Waals surface area contributed by atoms with Crippen LogP contribution in [-0.4, -0.2) is 22.6 Å². The Balaban J connectivity index is 0. The molecule has 0 bridgehead atoms. The largest absolute Gasteiger partial charge is 0.475 e. The molecule has 0 aromatic rings. The standard InChI is InChI=1S/C6H8O4.Ni/c1-2-4(7)3-5(8)6(9)10;/h2-3H2,1H3,(H,9,10);. The van der Waals surface area contributed by atoms with Gasteiger partial charge in [-0.3, -0.25) is 9.59 Å². The minimum atomic E-state index is -1.54. The molecule has 0 radical (unpaired) electrons. The Morgan fingerprint density at radius 3 is 2.00 bits per heavy atom. The van der Waals surface area contributed by atoms with E-state index in [0.717, 1.165) is 0 Å². The fourth-order valence-electron chi connectivity index (χ4n) is 0.380. The maximum atomic E-state index is 10.4. The van der Waals surface area contributed by atoms with Crippen LogP contribution in [0.2, 0.25) is 0 Å². The maximum absolute atomic E-state index is 10.4. The molecule has 11 heavy (non-hydrogen) atoms. The van der Waals surface area contributed by atoms with Gasteiger partial charge in [-0.25, -0.2) is 4.79 Å². The second-order valence-corrected chi connectivity index (χ2v) is 1.80. The summed E-state index contributed by atoms with van der Waals surface area (Å²) in [6.07, 6.45) is -0.273. The SMILES string of the molecule is CCC(=O)CC(=O)C(=O)O.[Ni]. The second kappa shape index (κ2) is 6.04. The first-order valence-electron chi connectivity index (χ1n) is 2.85. The van der Waals surface area contributed by atoms with Crippen molar-refractivity contribution >= 4 is 17.5 Å². The van der Waals surface area contributed by atoms with Crippen LogP contribution in [0.25, 0.3) is 0 Å². The smallest absolute Gasteiger partial charge is 0.372 e. The number of hydrogen-bond acceptors (Lipinski definition) is 3. The summed E-state index contributed by atoms with van der Waals surface area (Å²) in [7, 11) is 0. The van der Waals surface area contributed by atoms with E-state index in [0.29, 0.717) is 0 Å². The van der Waals surface area contributed by atoms with Crippen LogP contribution in [0.5, 0.6) is 0 Å². The average molecular weight is 203 g/mol. The quantitative estimate of drug-likeness (QED) is 0.396. The van der Waals surface area contributed by atoms with Gasteiger partial charge >= 0.3 is 5.97 Å². The molecule has 0 saturated carbocycles. The Morgan fingerprint density at radius 2 is 1.73 bits per heavy atom. The molecule has 0 aliphatic heterocycles. The summed E-state index contributed by atoms with van der Waals surface area (Å²) in [5.41, 5.74) is 0. The van der Waals surface area contributed by atoms with Gasteiger partial charge in [0.25, 0.3) is 0 Å². The second-order valence-electron chi connectivity index (χ2n) is 1.80. The topological polar surface area (TPSA) is 71.4 Å². The van der Waals surface area contributed by atoms with Gasteiger partial charge in [0, 0.05) is 22.9 Å². The summed E-state index contributed by atoms with van der Waals surface area (Å²) in [5.74, 6) is -2.92. The zero-order chi connectivity index (χ0) is 8.15. The van der Waals surface area contributed by atoms with Crippen molar-refractivity contribution in [2.24, 2.45) is 0 Å².